The van der Waals surface area contributed by atoms with Crippen molar-refractivity contribution in [3.8, 4) is 0 Å². The first-order valence-electron chi connectivity index (χ1n) is 14.9. The molecular weight excluding hydrogens is 480 g/mol. The molecule has 0 aromatic heterocycles. The Labute approximate surface area is 226 Å². The summed E-state index contributed by atoms with van der Waals surface area (Å²) in [5.41, 5.74) is 3.71. The molecule has 0 bridgehead atoms. The van der Waals surface area contributed by atoms with Crippen LogP contribution in [0.15, 0.2) is 11.8 Å². The van der Waals surface area contributed by atoms with Crippen LogP contribution >= 0.6 is 0 Å². The van der Waals surface area contributed by atoms with Gasteiger partial charge in [0, 0.05) is 13.2 Å². The van der Waals surface area contributed by atoms with Crippen LogP contribution < -0.4 is 0 Å². The first-order chi connectivity index (χ1) is 16.7. The SMILES string of the molecule is CC(C)[Si](OCCCC/C=C1\OC(=O)[C@@H]1CCCCO[Si](C(C)C)(C(C)C)C(C)C)(C(C)C)C(C)C. The summed E-state index contributed by atoms with van der Waals surface area (Å²) < 4.78 is 18.7. The van der Waals surface area contributed by atoms with Crippen LogP contribution in [-0.2, 0) is 18.4 Å². The van der Waals surface area contributed by atoms with Gasteiger partial charge in [-0.1, -0.05) is 83.1 Å². The molecule has 36 heavy (non-hydrogen) atoms. The quantitative estimate of drug-likeness (QED) is 0.0985. The smallest absolute Gasteiger partial charge is 0.321 e. The van der Waals surface area contributed by atoms with Gasteiger partial charge < -0.3 is 13.6 Å². The van der Waals surface area contributed by atoms with Crippen molar-refractivity contribution in [3.63, 3.8) is 0 Å². The molecule has 1 atom stereocenters. The van der Waals surface area contributed by atoms with Crippen molar-refractivity contribution in [2.75, 3.05) is 13.2 Å². The molecule has 0 saturated carbocycles. The standard InChI is InChI=1S/C30H60O4Si2/c1-22(2)35(23(3)4,24(5)6)32-20-16-13-14-19-29-28(30(31)34-29)18-15-17-21-33-36(25(7)8,26(9)10)27(11)12/h19,22-28H,13-18,20-21H2,1-12H3/b29-19-/t28-/m1/s1. The first kappa shape index (κ1) is 33.6. The van der Waals surface area contributed by atoms with Gasteiger partial charge in [0.25, 0.3) is 0 Å². The molecular formula is C30H60O4Si2. The van der Waals surface area contributed by atoms with E-state index < -0.39 is 16.6 Å². The maximum Gasteiger partial charge on any atom is 0.321 e. The Balaban J connectivity index is 2.43. The Hall–Kier alpha value is -0.436. The zero-order chi connectivity index (χ0) is 27.7. The molecule has 212 valence electrons. The molecule has 0 amide bonds. The van der Waals surface area contributed by atoms with Gasteiger partial charge in [-0.25, -0.2) is 0 Å². The van der Waals surface area contributed by atoms with Crippen molar-refractivity contribution in [2.45, 2.75) is 155 Å². The van der Waals surface area contributed by atoms with Crippen molar-refractivity contribution in [1.29, 1.82) is 0 Å². The Kier molecular flexibility index (Phi) is 14.2. The lowest BCUT2D eigenvalue weighted by atomic mass is 9.94. The summed E-state index contributed by atoms with van der Waals surface area (Å²) in [4.78, 5) is 12.1. The second-order valence-corrected chi connectivity index (χ2v) is 23.8. The number of unbranched alkanes of at least 4 members (excludes halogenated alkanes) is 3. The number of carbonyl (C=O) groups excluding carboxylic acids is 1. The van der Waals surface area contributed by atoms with Crippen LogP contribution in [0.5, 0.6) is 0 Å². The Morgan fingerprint density at radius 2 is 1.06 bits per heavy atom. The van der Waals surface area contributed by atoms with E-state index in [0.717, 1.165) is 57.5 Å². The Morgan fingerprint density at radius 3 is 1.42 bits per heavy atom. The number of esters is 1. The predicted octanol–water partition coefficient (Wildman–Crippen LogP) is 9.77. The maximum absolute atomic E-state index is 12.1. The molecule has 1 fully saturated rings. The van der Waals surface area contributed by atoms with Gasteiger partial charge in [0.05, 0.1) is 0 Å². The number of carbonyl (C=O) groups is 1. The van der Waals surface area contributed by atoms with E-state index >= 15 is 0 Å². The normalized spacial score (nSPS) is 18.4. The minimum absolute atomic E-state index is 0.0357. The lowest BCUT2D eigenvalue weighted by molar-refractivity contribution is -0.157. The van der Waals surface area contributed by atoms with E-state index in [2.05, 4.69) is 89.2 Å². The third kappa shape index (κ3) is 8.03. The largest absolute Gasteiger partial charge is 0.430 e. The van der Waals surface area contributed by atoms with Crippen molar-refractivity contribution in [1.82, 2.24) is 0 Å². The highest BCUT2D eigenvalue weighted by Gasteiger charge is 2.45. The van der Waals surface area contributed by atoms with E-state index in [9.17, 15) is 4.79 Å². The molecule has 1 aliphatic rings. The van der Waals surface area contributed by atoms with E-state index in [4.69, 9.17) is 13.6 Å². The van der Waals surface area contributed by atoms with Crippen LogP contribution in [0.1, 0.15) is 122 Å². The molecule has 1 heterocycles. The number of hydrogen-bond acceptors (Lipinski definition) is 4. The van der Waals surface area contributed by atoms with Crippen molar-refractivity contribution in [2.24, 2.45) is 5.92 Å². The molecule has 0 unspecified atom stereocenters. The summed E-state index contributed by atoms with van der Waals surface area (Å²) in [7, 11) is -3.57. The fourth-order valence-corrected chi connectivity index (χ4v) is 18.2. The molecule has 0 spiro atoms. The summed E-state index contributed by atoms with van der Waals surface area (Å²) in [6.07, 6.45) is 8.15. The van der Waals surface area contributed by atoms with Crippen molar-refractivity contribution >= 4 is 22.6 Å². The number of ether oxygens (including phenoxy) is 1. The fourth-order valence-electron chi connectivity index (χ4n) is 7.20. The average molecular weight is 541 g/mol. The van der Waals surface area contributed by atoms with Gasteiger partial charge in [0.15, 0.2) is 16.6 Å². The van der Waals surface area contributed by atoms with Gasteiger partial charge in [-0.2, -0.15) is 0 Å². The lowest BCUT2D eigenvalue weighted by Crippen LogP contribution is -2.48. The van der Waals surface area contributed by atoms with Crippen LogP contribution in [0.2, 0.25) is 33.2 Å². The van der Waals surface area contributed by atoms with Crippen LogP contribution in [-0.4, -0.2) is 35.8 Å². The monoisotopic (exact) mass is 540 g/mol. The molecule has 1 rings (SSSR count). The lowest BCUT2D eigenvalue weighted by Gasteiger charge is -2.42. The maximum atomic E-state index is 12.1. The van der Waals surface area contributed by atoms with Crippen molar-refractivity contribution < 1.29 is 18.4 Å². The van der Waals surface area contributed by atoms with E-state index in [1.807, 2.05) is 0 Å². The second kappa shape index (κ2) is 15.2. The molecule has 0 N–H and O–H groups in total. The summed E-state index contributed by atoms with van der Waals surface area (Å²) in [5.74, 6) is 0.807. The third-order valence-corrected chi connectivity index (χ3v) is 21.0. The second-order valence-electron chi connectivity index (χ2n) is 12.9. The zero-order valence-electron chi connectivity index (χ0n) is 25.9. The summed E-state index contributed by atoms with van der Waals surface area (Å²) in [5, 5.41) is 0. The zero-order valence-corrected chi connectivity index (χ0v) is 27.9. The molecule has 6 heteroatoms. The van der Waals surface area contributed by atoms with E-state index in [1.54, 1.807) is 0 Å². The van der Waals surface area contributed by atoms with Gasteiger partial charge in [-0.15, -0.1) is 0 Å². The molecule has 0 aromatic rings. The Bertz CT molecular complexity index is 639. The van der Waals surface area contributed by atoms with Crippen LogP contribution in [0, 0.1) is 5.92 Å². The summed E-state index contributed by atoms with van der Waals surface area (Å²) >= 11 is 0. The average Bonchev–Trinajstić information content (AvgIpc) is 2.75. The molecule has 1 saturated heterocycles. The molecule has 1 aliphatic heterocycles. The Morgan fingerprint density at radius 1 is 0.667 bits per heavy atom. The summed E-state index contributed by atoms with van der Waals surface area (Å²) in [6, 6.07) is 0. The molecule has 0 radical (unpaired) electrons. The minimum atomic E-state index is -1.80. The minimum Gasteiger partial charge on any atom is -0.430 e. The topological polar surface area (TPSA) is 44.8 Å². The van der Waals surface area contributed by atoms with Gasteiger partial charge >= 0.3 is 5.97 Å². The fraction of sp³-hybridized carbons (Fsp3) is 0.900. The highest BCUT2D eigenvalue weighted by atomic mass is 28.4. The van der Waals surface area contributed by atoms with Crippen LogP contribution in [0.3, 0.4) is 0 Å². The van der Waals surface area contributed by atoms with Crippen LogP contribution in [0.25, 0.3) is 0 Å². The van der Waals surface area contributed by atoms with Gasteiger partial charge in [-0.3, -0.25) is 4.79 Å². The van der Waals surface area contributed by atoms with E-state index in [0.29, 0.717) is 33.2 Å². The first-order valence-corrected chi connectivity index (χ1v) is 19.2. The van der Waals surface area contributed by atoms with Crippen molar-refractivity contribution in [3.05, 3.63) is 11.8 Å². The number of rotatable bonds is 18. The number of cyclic esters (lactones) is 1. The third-order valence-electron chi connectivity index (χ3n) is 8.80. The van der Waals surface area contributed by atoms with E-state index in [-0.39, 0.29) is 11.9 Å². The highest BCUT2D eigenvalue weighted by Crippen LogP contribution is 2.43. The molecule has 4 nitrogen and oxygen atoms in total. The highest BCUT2D eigenvalue weighted by molar-refractivity contribution is 6.78. The summed E-state index contributed by atoms with van der Waals surface area (Å²) in [6.45, 7) is 29.7. The molecule has 0 aromatic carbocycles. The van der Waals surface area contributed by atoms with Gasteiger partial charge in [-0.05, 0) is 77.8 Å². The van der Waals surface area contributed by atoms with Gasteiger partial charge in [0.2, 0.25) is 0 Å². The predicted molar refractivity (Wildman–Crippen MR) is 159 cm³/mol. The van der Waals surface area contributed by atoms with Crippen LogP contribution in [0.4, 0.5) is 0 Å². The number of allylic oxidation sites excluding steroid dienone is 1. The molecule has 0 aliphatic carbocycles. The number of hydrogen-bond donors (Lipinski definition) is 0. The van der Waals surface area contributed by atoms with Gasteiger partial charge in [0.1, 0.15) is 11.7 Å². The van der Waals surface area contributed by atoms with E-state index in [1.165, 1.54) is 0 Å².